The summed E-state index contributed by atoms with van der Waals surface area (Å²) in [6.45, 7) is 11.6. The van der Waals surface area contributed by atoms with E-state index in [1.807, 2.05) is 0 Å². The quantitative estimate of drug-likeness (QED) is 0.391. The van der Waals surface area contributed by atoms with Crippen LogP contribution in [0.2, 0.25) is 0 Å². The molecule has 0 aromatic carbocycles. The number of nitrogens with one attached hydrogen (secondary N) is 1. The molecule has 1 atom stereocenters. The van der Waals surface area contributed by atoms with Crippen LogP contribution < -0.4 is 11.1 Å². The van der Waals surface area contributed by atoms with Gasteiger partial charge >= 0.3 is 0 Å². The van der Waals surface area contributed by atoms with Gasteiger partial charge in [-0.3, -0.25) is 9.79 Å². The first kappa shape index (κ1) is 21.0. The van der Waals surface area contributed by atoms with Gasteiger partial charge in [0.15, 0.2) is 5.96 Å². The Morgan fingerprint density at radius 1 is 1.19 bits per heavy atom. The first-order valence-electron chi connectivity index (χ1n) is 10.3. The molecule has 0 aromatic rings. The Morgan fingerprint density at radius 3 is 2.81 bits per heavy atom. The monoisotopic (exact) mass is 366 g/mol. The highest BCUT2D eigenvalue weighted by Gasteiger charge is 2.23. The molecule has 26 heavy (non-hydrogen) atoms. The lowest BCUT2D eigenvalue weighted by atomic mass is 9.95. The average Bonchev–Trinajstić information content (AvgIpc) is 2.81. The largest absolute Gasteiger partial charge is 0.370 e. The minimum Gasteiger partial charge on any atom is -0.370 e. The molecule has 150 valence electrons. The number of hydrogen-bond acceptors (Lipinski definition) is 4. The molecule has 0 aliphatic carbocycles. The zero-order valence-electron chi connectivity index (χ0n) is 16.8. The maximum absolute atomic E-state index is 11.2. The zero-order valence-corrected chi connectivity index (χ0v) is 16.8. The Bertz CT molecular complexity index is 455. The SMILES string of the molecule is CCNC(=NCCCN1CCCN(C)CC1)N1CCCC(CC(N)=O)C1. The summed E-state index contributed by atoms with van der Waals surface area (Å²) in [4.78, 5) is 23.4. The molecule has 2 aliphatic heterocycles. The van der Waals surface area contributed by atoms with Crippen LogP contribution in [-0.2, 0) is 4.79 Å². The van der Waals surface area contributed by atoms with E-state index in [0.717, 1.165) is 57.9 Å². The molecular formula is C19H38N6O. The van der Waals surface area contributed by atoms with Crippen LogP contribution in [-0.4, -0.2) is 92.5 Å². The van der Waals surface area contributed by atoms with E-state index in [9.17, 15) is 4.79 Å². The van der Waals surface area contributed by atoms with Gasteiger partial charge in [-0.2, -0.15) is 0 Å². The van der Waals surface area contributed by atoms with Gasteiger partial charge in [0.05, 0.1) is 0 Å². The van der Waals surface area contributed by atoms with Gasteiger partial charge in [-0.1, -0.05) is 0 Å². The lowest BCUT2D eigenvalue weighted by molar-refractivity contribution is -0.119. The molecule has 7 nitrogen and oxygen atoms in total. The van der Waals surface area contributed by atoms with Crippen molar-refractivity contribution in [2.45, 2.75) is 39.0 Å². The number of carbonyl (C=O) groups is 1. The Labute approximate surface area is 159 Å². The maximum Gasteiger partial charge on any atom is 0.217 e. The Hall–Kier alpha value is -1.34. The molecule has 0 radical (unpaired) electrons. The van der Waals surface area contributed by atoms with E-state index < -0.39 is 0 Å². The number of likely N-dealkylation sites (N-methyl/N-ethyl adjacent to an activating group) is 1. The van der Waals surface area contributed by atoms with Gasteiger partial charge < -0.3 is 25.8 Å². The second-order valence-electron chi connectivity index (χ2n) is 7.71. The summed E-state index contributed by atoms with van der Waals surface area (Å²) < 4.78 is 0. The predicted molar refractivity (Wildman–Crippen MR) is 107 cm³/mol. The van der Waals surface area contributed by atoms with Crippen molar-refractivity contribution in [3.8, 4) is 0 Å². The van der Waals surface area contributed by atoms with Gasteiger partial charge in [0.1, 0.15) is 0 Å². The summed E-state index contributed by atoms with van der Waals surface area (Å²) in [5.41, 5.74) is 5.38. The third kappa shape index (κ3) is 7.50. The molecule has 2 fully saturated rings. The van der Waals surface area contributed by atoms with Crippen LogP contribution in [0.3, 0.4) is 0 Å². The lowest BCUT2D eigenvalue weighted by Crippen LogP contribution is -2.47. The number of rotatable bonds is 7. The first-order chi connectivity index (χ1) is 12.6. The van der Waals surface area contributed by atoms with Crippen LogP contribution in [0.4, 0.5) is 0 Å². The highest BCUT2D eigenvalue weighted by molar-refractivity contribution is 5.80. The fraction of sp³-hybridized carbons (Fsp3) is 0.895. The highest BCUT2D eigenvalue weighted by Crippen LogP contribution is 2.19. The molecule has 1 unspecified atom stereocenters. The van der Waals surface area contributed by atoms with E-state index in [0.29, 0.717) is 12.3 Å². The lowest BCUT2D eigenvalue weighted by Gasteiger charge is -2.34. The van der Waals surface area contributed by atoms with Crippen molar-refractivity contribution < 1.29 is 4.79 Å². The molecule has 0 saturated carbocycles. The van der Waals surface area contributed by atoms with Gasteiger partial charge in [0.25, 0.3) is 0 Å². The number of nitrogens with zero attached hydrogens (tertiary/aromatic N) is 4. The second kappa shape index (κ2) is 11.4. The van der Waals surface area contributed by atoms with E-state index in [4.69, 9.17) is 10.7 Å². The molecule has 2 aliphatic rings. The summed E-state index contributed by atoms with van der Waals surface area (Å²) in [5, 5.41) is 3.42. The number of piperidine rings is 1. The molecule has 7 heteroatoms. The van der Waals surface area contributed by atoms with Gasteiger partial charge in [-0.15, -0.1) is 0 Å². The summed E-state index contributed by atoms with van der Waals surface area (Å²) in [6, 6.07) is 0. The van der Waals surface area contributed by atoms with Crippen molar-refractivity contribution in [2.75, 3.05) is 66.0 Å². The Kier molecular flexibility index (Phi) is 9.18. The van der Waals surface area contributed by atoms with Crippen LogP contribution in [0, 0.1) is 5.92 Å². The van der Waals surface area contributed by atoms with E-state index >= 15 is 0 Å². The van der Waals surface area contributed by atoms with E-state index in [2.05, 4.69) is 34.0 Å². The predicted octanol–water partition coefficient (Wildman–Crippen LogP) is 0.567. The molecule has 2 rings (SSSR count). The van der Waals surface area contributed by atoms with Crippen molar-refractivity contribution in [3.63, 3.8) is 0 Å². The van der Waals surface area contributed by atoms with Gasteiger partial charge in [0.2, 0.25) is 5.91 Å². The number of aliphatic imine (C=N–C) groups is 1. The number of nitrogens with two attached hydrogens (primary N) is 1. The first-order valence-corrected chi connectivity index (χ1v) is 10.3. The van der Waals surface area contributed by atoms with Crippen molar-refractivity contribution in [3.05, 3.63) is 0 Å². The molecule has 3 N–H and O–H groups in total. The fourth-order valence-corrected chi connectivity index (χ4v) is 3.94. The second-order valence-corrected chi connectivity index (χ2v) is 7.71. The number of carbonyl (C=O) groups excluding carboxylic acids is 1. The molecule has 1 amide bonds. The standard InChI is InChI=1S/C19H38N6O/c1-3-21-19(25-12-4-7-17(16-25)15-18(20)26)22-8-5-10-24-11-6-9-23(2)13-14-24/h17H,3-16H2,1-2H3,(H2,20,26)(H,21,22). The molecule has 2 heterocycles. The minimum atomic E-state index is -0.193. The van der Waals surface area contributed by atoms with Crippen LogP contribution in [0.5, 0.6) is 0 Å². The minimum absolute atomic E-state index is 0.193. The molecule has 0 aromatic heterocycles. The number of likely N-dealkylation sites (tertiary alicyclic amines) is 1. The van der Waals surface area contributed by atoms with Crippen LogP contribution >= 0.6 is 0 Å². The number of amides is 1. The Balaban J connectivity index is 1.79. The van der Waals surface area contributed by atoms with Crippen molar-refractivity contribution in [2.24, 2.45) is 16.6 Å². The van der Waals surface area contributed by atoms with Crippen LogP contribution in [0.1, 0.15) is 39.0 Å². The summed E-state index contributed by atoms with van der Waals surface area (Å²) >= 11 is 0. The summed E-state index contributed by atoms with van der Waals surface area (Å²) in [6.07, 6.45) is 5.03. The van der Waals surface area contributed by atoms with Gasteiger partial charge in [-0.25, -0.2) is 0 Å². The normalized spacial score (nSPS) is 23.7. The average molecular weight is 367 g/mol. The molecule has 2 saturated heterocycles. The third-order valence-corrected chi connectivity index (χ3v) is 5.35. The van der Waals surface area contributed by atoms with E-state index in [1.165, 1.54) is 32.6 Å². The number of primary amides is 1. The molecule has 0 spiro atoms. The van der Waals surface area contributed by atoms with Crippen molar-refractivity contribution in [1.82, 2.24) is 20.0 Å². The van der Waals surface area contributed by atoms with Gasteiger partial charge in [-0.05, 0) is 65.2 Å². The van der Waals surface area contributed by atoms with Crippen molar-refractivity contribution in [1.29, 1.82) is 0 Å². The smallest absolute Gasteiger partial charge is 0.217 e. The van der Waals surface area contributed by atoms with E-state index in [1.54, 1.807) is 0 Å². The van der Waals surface area contributed by atoms with Crippen LogP contribution in [0.25, 0.3) is 0 Å². The van der Waals surface area contributed by atoms with E-state index in [-0.39, 0.29) is 5.91 Å². The van der Waals surface area contributed by atoms with Crippen molar-refractivity contribution >= 4 is 11.9 Å². The number of guanidine groups is 1. The highest BCUT2D eigenvalue weighted by atomic mass is 16.1. The Morgan fingerprint density at radius 2 is 2.04 bits per heavy atom. The van der Waals surface area contributed by atoms with Crippen LogP contribution in [0.15, 0.2) is 4.99 Å². The topological polar surface area (TPSA) is 77.2 Å². The molecule has 0 bridgehead atoms. The number of hydrogen-bond donors (Lipinski definition) is 2. The third-order valence-electron chi connectivity index (χ3n) is 5.35. The zero-order chi connectivity index (χ0) is 18.8. The molecular weight excluding hydrogens is 328 g/mol. The maximum atomic E-state index is 11.2. The summed E-state index contributed by atoms with van der Waals surface area (Å²) in [5.74, 6) is 1.17. The van der Waals surface area contributed by atoms with Gasteiger partial charge in [0, 0.05) is 45.7 Å². The fourth-order valence-electron chi connectivity index (χ4n) is 3.94. The summed E-state index contributed by atoms with van der Waals surface area (Å²) in [7, 11) is 2.21.